The van der Waals surface area contributed by atoms with Crippen LogP contribution in [-0.2, 0) is 13.1 Å². The van der Waals surface area contributed by atoms with E-state index in [0.29, 0.717) is 11.3 Å². The molecule has 0 radical (unpaired) electrons. The van der Waals surface area contributed by atoms with Crippen LogP contribution >= 0.6 is 23.2 Å². The van der Waals surface area contributed by atoms with Gasteiger partial charge in [0.2, 0.25) is 0 Å². The van der Waals surface area contributed by atoms with Crippen LogP contribution in [0.1, 0.15) is 21.7 Å². The van der Waals surface area contributed by atoms with Crippen LogP contribution in [0, 0.1) is 5.82 Å². The first-order valence-electron chi connectivity index (χ1n) is 7.69. The molecule has 4 nitrogen and oxygen atoms in total. The molecule has 0 atom stereocenters. The number of rotatable bonds is 5. The van der Waals surface area contributed by atoms with Crippen LogP contribution in [0.4, 0.5) is 4.39 Å². The van der Waals surface area contributed by atoms with E-state index in [1.54, 1.807) is 30.3 Å². The van der Waals surface area contributed by atoms with Gasteiger partial charge in [0.05, 0.1) is 35.0 Å². The Morgan fingerprint density at radius 2 is 1.85 bits per heavy atom. The Kier molecular flexibility index (Phi) is 5.49. The zero-order valence-electron chi connectivity index (χ0n) is 13.5. The van der Waals surface area contributed by atoms with Crippen LogP contribution in [0.15, 0.2) is 59.2 Å². The van der Waals surface area contributed by atoms with Gasteiger partial charge in [-0.25, -0.2) is 4.39 Å². The number of hydrogen-bond donors (Lipinski definition) is 1. The first kappa shape index (κ1) is 18.3. The van der Waals surface area contributed by atoms with Crippen LogP contribution in [0.2, 0.25) is 10.0 Å². The number of para-hydroxylation sites is 1. The van der Waals surface area contributed by atoms with Crippen molar-refractivity contribution in [2.45, 2.75) is 13.1 Å². The minimum atomic E-state index is -0.736. The molecule has 0 bridgehead atoms. The van der Waals surface area contributed by atoms with Gasteiger partial charge in [0.25, 0.3) is 5.91 Å². The average molecular weight is 394 g/mol. The van der Waals surface area contributed by atoms with Gasteiger partial charge in [-0.05, 0) is 30.3 Å². The van der Waals surface area contributed by atoms with E-state index in [4.69, 9.17) is 27.6 Å². The molecule has 2 aromatic carbocycles. The van der Waals surface area contributed by atoms with Crippen LogP contribution < -0.4 is 0 Å². The minimum Gasteiger partial charge on any atom is -0.508 e. The molecule has 3 rings (SSSR count). The molecule has 0 aliphatic rings. The molecule has 0 aliphatic heterocycles. The Balaban J connectivity index is 1.95. The lowest BCUT2D eigenvalue weighted by Crippen LogP contribution is -2.30. The zero-order valence-corrected chi connectivity index (χ0v) is 15.0. The molecule has 0 saturated heterocycles. The third-order valence-electron chi connectivity index (χ3n) is 3.81. The number of benzene rings is 2. The van der Waals surface area contributed by atoms with E-state index in [-0.39, 0.29) is 34.4 Å². The molecule has 0 unspecified atom stereocenters. The van der Waals surface area contributed by atoms with Crippen molar-refractivity contribution in [1.29, 1.82) is 0 Å². The van der Waals surface area contributed by atoms with Crippen molar-refractivity contribution in [2.24, 2.45) is 0 Å². The van der Waals surface area contributed by atoms with Crippen LogP contribution in [-0.4, -0.2) is 15.9 Å². The largest absolute Gasteiger partial charge is 0.508 e. The van der Waals surface area contributed by atoms with Gasteiger partial charge in [0.1, 0.15) is 17.3 Å². The number of carbonyl (C=O) groups is 1. The standard InChI is InChI=1S/C19H14Cl2FNO3/c20-15-9-16(21)17(22)8-14(15)19(25)23(11-13-5-3-7-26-13)10-12-4-1-2-6-18(12)24/h1-9,24H,10-11H2. The Hall–Kier alpha value is -2.50. The second kappa shape index (κ2) is 7.81. The van der Waals surface area contributed by atoms with E-state index < -0.39 is 11.7 Å². The zero-order chi connectivity index (χ0) is 18.7. The van der Waals surface area contributed by atoms with Gasteiger partial charge in [0.15, 0.2) is 0 Å². The fourth-order valence-electron chi connectivity index (χ4n) is 2.50. The summed E-state index contributed by atoms with van der Waals surface area (Å²) < 4.78 is 19.1. The molecule has 1 N–H and O–H groups in total. The number of carbonyl (C=O) groups excluding carboxylic acids is 1. The second-order valence-corrected chi connectivity index (χ2v) is 6.43. The maximum absolute atomic E-state index is 13.8. The van der Waals surface area contributed by atoms with Crippen molar-refractivity contribution in [3.8, 4) is 5.75 Å². The number of aromatic hydroxyl groups is 1. The molecule has 7 heteroatoms. The number of amides is 1. The lowest BCUT2D eigenvalue weighted by atomic mass is 10.1. The van der Waals surface area contributed by atoms with E-state index in [2.05, 4.69) is 0 Å². The summed E-state index contributed by atoms with van der Waals surface area (Å²) in [5.41, 5.74) is 0.522. The summed E-state index contributed by atoms with van der Waals surface area (Å²) in [6.45, 7) is 0.216. The Morgan fingerprint density at radius 1 is 1.08 bits per heavy atom. The highest BCUT2D eigenvalue weighted by atomic mass is 35.5. The van der Waals surface area contributed by atoms with Gasteiger partial charge in [-0.3, -0.25) is 4.79 Å². The van der Waals surface area contributed by atoms with Gasteiger partial charge < -0.3 is 14.4 Å². The van der Waals surface area contributed by atoms with Crippen LogP contribution in [0.5, 0.6) is 5.75 Å². The molecular weight excluding hydrogens is 380 g/mol. The van der Waals surface area contributed by atoms with Crippen molar-refractivity contribution >= 4 is 29.1 Å². The monoisotopic (exact) mass is 393 g/mol. The van der Waals surface area contributed by atoms with Crippen LogP contribution in [0.3, 0.4) is 0 Å². The molecule has 0 aliphatic carbocycles. The van der Waals surface area contributed by atoms with E-state index in [1.807, 2.05) is 0 Å². The van der Waals surface area contributed by atoms with E-state index >= 15 is 0 Å². The number of phenolic OH excluding ortho intramolecular Hbond substituents is 1. The van der Waals surface area contributed by atoms with E-state index in [0.717, 1.165) is 6.07 Å². The summed E-state index contributed by atoms with van der Waals surface area (Å²) in [6.07, 6.45) is 1.49. The predicted molar refractivity (Wildman–Crippen MR) is 96.8 cm³/mol. The number of furan rings is 1. The van der Waals surface area contributed by atoms with Gasteiger partial charge in [0, 0.05) is 5.56 Å². The van der Waals surface area contributed by atoms with E-state index in [9.17, 15) is 14.3 Å². The topological polar surface area (TPSA) is 53.7 Å². The maximum atomic E-state index is 13.8. The second-order valence-electron chi connectivity index (χ2n) is 5.62. The summed E-state index contributed by atoms with van der Waals surface area (Å²) in [6, 6.07) is 12.3. The lowest BCUT2D eigenvalue weighted by Gasteiger charge is -2.23. The highest BCUT2D eigenvalue weighted by Crippen LogP contribution is 2.27. The van der Waals surface area contributed by atoms with E-state index in [1.165, 1.54) is 23.3 Å². The first-order chi connectivity index (χ1) is 12.5. The Labute approximate surface area is 159 Å². The SMILES string of the molecule is O=C(c1cc(F)c(Cl)cc1Cl)N(Cc1ccco1)Cc1ccccc1O. The predicted octanol–water partition coefficient (Wildman–Crippen LogP) is 5.27. The number of nitrogens with zero attached hydrogens (tertiary/aromatic N) is 1. The minimum absolute atomic E-state index is 0.0180. The lowest BCUT2D eigenvalue weighted by molar-refractivity contribution is 0.0716. The van der Waals surface area contributed by atoms with Gasteiger partial charge in [-0.1, -0.05) is 41.4 Å². The quantitative estimate of drug-likeness (QED) is 0.600. The third kappa shape index (κ3) is 4.00. The summed E-state index contributed by atoms with van der Waals surface area (Å²) in [5, 5.41) is 9.89. The number of phenols is 1. The molecular formula is C19H14Cl2FNO3. The fraction of sp³-hybridized carbons (Fsp3) is 0.105. The summed E-state index contributed by atoms with van der Waals surface area (Å²) in [7, 11) is 0. The molecule has 0 saturated carbocycles. The molecule has 26 heavy (non-hydrogen) atoms. The molecule has 3 aromatic rings. The fourth-order valence-corrected chi connectivity index (χ4v) is 2.96. The van der Waals surface area contributed by atoms with Crippen molar-refractivity contribution in [3.05, 3.63) is 87.5 Å². The summed E-state index contributed by atoms with van der Waals surface area (Å²) in [5.74, 6) is -0.650. The molecule has 1 heterocycles. The molecule has 1 aromatic heterocycles. The summed E-state index contributed by atoms with van der Waals surface area (Å²) in [4.78, 5) is 14.4. The van der Waals surface area contributed by atoms with Gasteiger partial charge in [-0.15, -0.1) is 0 Å². The Morgan fingerprint density at radius 3 is 2.54 bits per heavy atom. The smallest absolute Gasteiger partial charge is 0.256 e. The molecule has 0 spiro atoms. The molecule has 0 fully saturated rings. The van der Waals surface area contributed by atoms with Gasteiger partial charge in [-0.2, -0.15) is 0 Å². The van der Waals surface area contributed by atoms with Crippen LogP contribution in [0.25, 0.3) is 0 Å². The highest BCUT2D eigenvalue weighted by Gasteiger charge is 2.22. The normalized spacial score (nSPS) is 10.7. The van der Waals surface area contributed by atoms with Crippen molar-refractivity contribution in [2.75, 3.05) is 0 Å². The molecule has 134 valence electrons. The first-order valence-corrected chi connectivity index (χ1v) is 8.44. The van der Waals surface area contributed by atoms with Crippen molar-refractivity contribution < 1.29 is 18.7 Å². The maximum Gasteiger partial charge on any atom is 0.256 e. The number of hydrogen-bond acceptors (Lipinski definition) is 3. The third-order valence-corrected chi connectivity index (χ3v) is 4.41. The highest BCUT2D eigenvalue weighted by molar-refractivity contribution is 6.36. The molecule has 1 amide bonds. The van der Waals surface area contributed by atoms with Gasteiger partial charge >= 0.3 is 0 Å². The van der Waals surface area contributed by atoms with Crippen molar-refractivity contribution in [3.63, 3.8) is 0 Å². The Bertz CT molecular complexity index is 929. The number of halogens is 3. The average Bonchev–Trinajstić information content (AvgIpc) is 3.12. The van der Waals surface area contributed by atoms with Crippen molar-refractivity contribution in [1.82, 2.24) is 4.90 Å². The summed E-state index contributed by atoms with van der Waals surface area (Å²) >= 11 is 11.8.